The number of hydrogen-bond donors (Lipinski definition) is 3. The van der Waals surface area contributed by atoms with Crippen LogP contribution < -0.4 is 5.32 Å². The number of anilines is 1. The maximum absolute atomic E-state index is 13.3. The number of thiophene rings is 1. The smallest absolute Gasteiger partial charge is 0.416 e. The molecule has 1 aliphatic rings. The molecule has 2 aromatic carbocycles. The number of carbonyl (C=O) groups excluding carboxylic acids is 2. The number of aromatic carboxylic acids is 1. The molecule has 3 aromatic rings. The van der Waals surface area contributed by atoms with Gasteiger partial charge in [-0.15, -0.1) is 11.3 Å². The third-order valence-electron chi connectivity index (χ3n) is 6.15. The highest BCUT2D eigenvalue weighted by atomic mass is 32.2. The molecule has 0 spiro atoms. The average molecular weight is 661 g/mol. The highest BCUT2D eigenvalue weighted by Gasteiger charge is 2.37. The number of nitrogens with zero attached hydrogens (tertiary/aromatic N) is 1. The van der Waals surface area contributed by atoms with E-state index in [1.54, 1.807) is 6.92 Å². The molecule has 0 unspecified atom stereocenters. The monoisotopic (exact) mass is 660 g/mol. The molecule has 0 atom stereocenters. The number of alkyl halides is 6. The highest BCUT2D eigenvalue weighted by Crippen LogP contribution is 2.42. The van der Waals surface area contributed by atoms with Crippen LogP contribution in [-0.2, 0) is 21.9 Å². The summed E-state index contributed by atoms with van der Waals surface area (Å²) in [5, 5.41) is 22.6. The Morgan fingerprint density at radius 1 is 0.977 bits per heavy atom. The molecule has 16 heteroatoms. The van der Waals surface area contributed by atoms with E-state index < -0.39 is 47.0 Å². The summed E-state index contributed by atoms with van der Waals surface area (Å²) < 4.78 is 79.9. The topological polar surface area (TPSA) is 107 Å². The van der Waals surface area contributed by atoms with Gasteiger partial charge in [0.15, 0.2) is 0 Å². The van der Waals surface area contributed by atoms with Crippen molar-refractivity contribution in [3.8, 4) is 16.9 Å². The first kappa shape index (κ1) is 32.0. The van der Waals surface area contributed by atoms with E-state index in [9.17, 15) is 45.8 Å². The molecule has 2 amide bonds. The molecule has 1 saturated heterocycles. The number of benzene rings is 2. The first-order chi connectivity index (χ1) is 20.0. The molecule has 2 heterocycles. The minimum atomic E-state index is -5.00. The van der Waals surface area contributed by atoms with Crippen molar-refractivity contribution in [2.24, 2.45) is 0 Å². The van der Waals surface area contributed by atoms with Gasteiger partial charge >= 0.3 is 18.3 Å². The van der Waals surface area contributed by atoms with Gasteiger partial charge in [0.1, 0.15) is 15.6 Å². The van der Waals surface area contributed by atoms with E-state index in [4.69, 9.17) is 17.3 Å². The molecular formula is C27H18F6N2O5S3. The number of allylic oxidation sites excluding steroid dienone is 1. The zero-order valence-corrected chi connectivity index (χ0v) is 24.0. The zero-order chi connectivity index (χ0) is 31.9. The molecule has 0 aliphatic carbocycles. The van der Waals surface area contributed by atoms with E-state index in [0.717, 1.165) is 35.2 Å². The molecular weight excluding hydrogens is 642 g/mol. The van der Waals surface area contributed by atoms with Crippen molar-refractivity contribution in [3.05, 3.63) is 74.3 Å². The fourth-order valence-electron chi connectivity index (χ4n) is 3.97. The van der Waals surface area contributed by atoms with Crippen molar-refractivity contribution < 1.29 is 50.9 Å². The molecule has 4 rings (SSSR count). The van der Waals surface area contributed by atoms with E-state index in [-0.39, 0.29) is 50.6 Å². The minimum Gasteiger partial charge on any atom is -0.507 e. The van der Waals surface area contributed by atoms with E-state index in [0.29, 0.717) is 22.6 Å². The maximum atomic E-state index is 13.3. The van der Waals surface area contributed by atoms with Crippen LogP contribution >= 0.6 is 35.3 Å². The first-order valence-electron chi connectivity index (χ1n) is 11.9. The van der Waals surface area contributed by atoms with Crippen LogP contribution in [0.25, 0.3) is 16.7 Å². The van der Waals surface area contributed by atoms with Crippen LogP contribution in [0, 0.1) is 0 Å². The largest absolute Gasteiger partial charge is 0.507 e. The van der Waals surface area contributed by atoms with Gasteiger partial charge in [-0.3, -0.25) is 14.5 Å². The molecule has 0 saturated carbocycles. The summed E-state index contributed by atoms with van der Waals surface area (Å²) in [5.74, 6) is -2.98. The molecule has 3 N–H and O–H groups in total. The minimum absolute atomic E-state index is 0.0482. The Morgan fingerprint density at radius 2 is 1.60 bits per heavy atom. The van der Waals surface area contributed by atoms with Gasteiger partial charge in [0.25, 0.3) is 5.91 Å². The Balaban J connectivity index is 1.50. The second kappa shape index (κ2) is 12.0. The lowest BCUT2D eigenvalue weighted by Gasteiger charge is -2.14. The summed E-state index contributed by atoms with van der Waals surface area (Å²) in [6.45, 7) is 1.45. The summed E-state index contributed by atoms with van der Waals surface area (Å²) in [7, 11) is 0. The van der Waals surface area contributed by atoms with Crippen LogP contribution in [0.5, 0.6) is 5.75 Å². The first-order valence-corrected chi connectivity index (χ1v) is 14.1. The molecule has 1 aromatic heterocycles. The summed E-state index contributed by atoms with van der Waals surface area (Å²) >= 11 is 7.25. The fraction of sp³-hybridized carbons (Fsp3) is 0.185. The lowest BCUT2D eigenvalue weighted by molar-refractivity contribution is -0.143. The Labute approximate surface area is 252 Å². The number of carboxylic acids is 1. The van der Waals surface area contributed by atoms with Crippen LogP contribution in [0.2, 0.25) is 0 Å². The Morgan fingerprint density at radius 3 is 2.16 bits per heavy atom. The number of hydrogen-bond acceptors (Lipinski definition) is 7. The Bertz CT molecular complexity index is 1650. The van der Waals surface area contributed by atoms with Crippen molar-refractivity contribution in [1.29, 1.82) is 0 Å². The van der Waals surface area contributed by atoms with E-state index in [1.807, 2.05) is 0 Å². The van der Waals surface area contributed by atoms with Crippen molar-refractivity contribution in [1.82, 2.24) is 4.90 Å². The normalized spacial score (nSPS) is 15.2. The van der Waals surface area contributed by atoms with Gasteiger partial charge in [-0.25, -0.2) is 4.79 Å². The number of carbonyl (C=O) groups is 3. The van der Waals surface area contributed by atoms with Crippen molar-refractivity contribution in [3.63, 3.8) is 0 Å². The number of aromatic hydroxyl groups is 1. The lowest BCUT2D eigenvalue weighted by atomic mass is 10.0. The predicted molar refractivity (Wildman–Crippen MR) is 153 cm³/mol. The number of thiocarbonyl (C=S) groups is 1. The van der Waals surface area contributed by atoms with Gasteiger partial charge in [0.05, 0.1) is 16.0 Å². The molecule has 226 valence electrons. The van der Waals surface area contributed by atoms with Crippen LogP contribution in [0.15, 0.2) is 52.7 Å². The number of amides is 2. The Kier molecular flexibility index (Phi) is 8.95. The SMILES string of the molecule is C/C(=C1/SC(=S)N(CCC(=O)Nc2ccc(C(=O)O)c(O)c2)C1=O)c1cc(-c2cc(C(F)(F)F)cc(C(F)(F)F)c2)cs1. The van der Waals surface area contributed by atoms with Gasteiger partial charge in [-0.2, -0.15) is 26.3 Å². The van der Waals surface area contributed by atoms with Gasteiger partial charge < -0.3 is 15.5 Å². The van der Waals surface area contributed by atoms with Gasteiger partial charge in [0, 0.05) is 29.6 Å². The quantitative estimate of drug-likeness (QED) is 0.137. The maximum Gasteiger partial charge on any atom is 0.416 e. The van der Waals surface area contributed by atoms with E-state index in [1.165, 1.54) is 22.4 Å². The summed E-state index contributed by atoms with van der Waals surface area (Å²) in [6, 6.07) is 6.15. The average Bonchev–Trinajstić information content (AvgIpc) is 3.50. The van der Waals surface area contributed by atoms with Crippen LogP contribution in [0.4, 0.5) is 32.0 Å². The van der Waals surface area contributed by atoms with Gasteiger partial charge in [0.2, 0.25) is 5.91 Å². The summed E-state index contributed by atoms with van der Waals surface area (Å²) in [4.78, 5) is 38.3. The summed E-state index contributed by atoms with van der Waals surface area (Å²) in [5.41, 5.74) is -2.90. The van der Waals surface area contributed by atoms with Crippen LogP contribution in [0.1, 0.15) is 39.7 Å². The number of carboxylic acid groups (broad SMARTS) is 1. The molecule has 1 aliphatic heterocycles. The van der Waals surface area contributed by atoms with Crippen LogP contribution in [-0.4, -0.2) is 43.8 Å². The van der Waals surface area contributed by atoms with Crippen molar-refractivity contribution in [2.45, 2.75) is 25.7 Å². The number of rotatable bonds is 7. The van der Waals surface area contributed by atoms with Crippen molar-refractivity contribution in [2.75, 3.05) is 11.9 Å². The second-order valence-electron chi connectivity index (χ2n) is 9.11. The number of halogens is 6. The Hall–Kier alpha value is -3.89. The number of thioether (sulfide) groups is 1. The molecule has 43 heavy (non-hydrogen) atoms. The molecule has 0 radical (unpaired) electrons. The third kappa shape index (κ3) is 7.19. The molecule has 7 nitrogen and oxygen atoms in total. The van der Waals surface area contributed by atoms with Crippen molar-refractivity contribution >= 4 is 68.7 Å². The van der Waals surface area contributed by atoms with Gasteiger partial charge in [-0.05, 0) is 65.4 Å². The highest BCUT2D eigenvalue weighted by molar-refractivity contribution is 8.26. The second-order valence-corrected chi connectivity index (χ2v) is 11.7. The number of phenols is 1. The number of nitrogens with one attached hydrogen (secondary N) is 1. The zero-order valence-electron chi connectivity index (χ0n) is 21.6. The fourth-order valence-corrected chi connectivity index (χ4v) is 6.31. The predicted octanol–water partition coefficient (Wildman–Crippen LogP) is 7.48. The van der Waals surface area contributed by atoms with E-state index in [2.05, 4.69) is 5.32 Å². The van der Waals surface area contributed by atoms with Crippen LogP contribution in [0.3, 0.4) is 0 Å². The lowest BCUT2D eigenvalue weighted by Crippen LogP contribution is -2.31. The molecule has 1 fully saturated rings. The van der Waals surface area contributed by atoms with E-state index >= 15 is 0 Å². The van der Waals surface area contributed by atoms with Gasteiger partial charge in [-0.1, -0.05) is 24.0 Å². The standard InChI is InChI=1S/C27H18F6N2O5S3/c1-12(20-8-14(11-42-20)13-6-15(26(28,29)30)9-16(7-13)27(31,32)33)22-23(38)35(25(41)43-22)5-4-21(37)34-17-2-3-18(24(39)40)19(36)10-17/h2-3,6-11,36H,4-5H2,1H3,(H,34,37)(H,39,40)/b22-12-. The molecule has 0 bridgehead atoms. The summed E-state index contributed by atoms with van der Waals surface area (Å²) in [6.07, 6.45) is -10.2. The third-order valence-corrected chi connectivity index (χ3v) is 8.75.